The molecule has 0 spiro atoms. The fourth-order valence-electron chi connectivity index (χ4n) is 2.01. The lowest BCUT2D eigenvalue weighted by Gasteiger charge is -2.09. The molecule has 3 nitrogen and oxygen atoms in total. The number of nitrogens with zero attached hydrogens (tertiary/aromatic N) is 2. The van der Waals surface area contributed by atoms with Gasteiger partial charge < -0.3 is 5.32 Å². The Morgan fingerprint density at radius 2 is 1.95 bits per heavy atom. The Balaban J connectivity index is 1.99. The van der Waals surface area contributed by atoms with E-state index in [-0.39, 0.29) is 0 Å². The van der Waals surface area contributed by atoms with Crippen molar-refractivity contribution in [1.29, 1.82) is 5.26 Å². The first-order valence-corrected chi connectivity index (χ1v) is 6.87. The van der Waals surface area contributed by atoms with E-state index in [0.717, 1.165) is 26.8 Å². The van der Waals surface area contributed by atoms with Crippen LogP contribution in [0.4, 0.5) is 11.4 Å². The van der Waals surface area contributed by atoms with Gasteiger partial charge >= 0.3 is 0 Å². The third-order valence-corrected chi connectivity index (χ3v) is 3.46. The second-order valence-electron chi connectivity index (χ2n) is 4.34. The first-order chi connectivity index (χ1) is 9.76. The minimum absolute atomic E-state index is 0.590. The monoisotopic (exact) mass is 323 g/mol. The molecule has 1 N–H and O–H groups in total. The number of hydrogen-bond donors (Lipinski definition) is 1. The second kappa shape index (κ2) is 5.32. The molecule has 96 valence electrons. The van der Waals surface area contributed by atoms with Crippen molar-refractivity contribution in [2.24, 2.45) is 0 Å². The molecule has 0 aliphatic carbocycles. The van der Waals surface area contributed by atoms with Crippen LogP contribution in [0.25, 0.3) is 10.9 Å². The molecule has 0 atom stereocenters. The lowest BCUT2D eigenvalue weighted by molar-refractivity contribution is 1.39. The van der Waals surface area contributed by atoms with Crippen LogP contribution in [0.5, 0.6) is 0 Å². The molecule has 1 heterocycles. The summed E-state index contributed by atoms with van der Waals surface area (Å²) in [5.41, 5.74) is 3.18. The highest BCUT2D eigenvalue weighted by Gasteiger charge is 2.04. The van der Waals surface area contributed by atoms with E-state index in [9.17, 15) is 0 Å². The van der Waals surface area contributed by atoms with Gasteiger partial charge in [-0.05, 0) is 30.3 Å². The Morgan fingerprint density at radius 1 is 1.10 bits per heavy atom. The fourth-order valence-corrected chi connectivity index (χ4v) is 2.37. The summed E-state index contributed by atoms with van der Waals surface area (Å²) < 4.78 is 0.885. The van der Waals surface area contributed by atoms with Gasteiger partial charge in [0.1, 0.15) is 6.07 Å². The zero-order valence-electron chi connectivity index (χ0n) is 10.5. The topological polar surface area (TPSA) is 48.7 Å². The molecular weight excluding hydrogens is 314 g/mol. The number of aromatic nitrogens is 1. The number of hydrogen-bond acceptors (Lipinski definition) is 3. The molecule has 0 radical (unpaired) electrons. The van der Waals surface area contributed by atoms with Gasteiger partial charge in [-0.15, -0.1) is 0 Å². The summed E-state index contributed by atoms with van der Waals surface area (Å²) in [4.78, 5) is 4.40. The van der Waals surface area contributed by atoms with Crippen LogP contribution < -0.4 is 5.32 Å². The zero-order chi connectivity index (χ0) is 13.9. The van der Waals surface area contributed by atoms with Gasteiger partial charge in [-0.3, -0.25) is 4.98 Å². The highest BCUT2D eigenvalue weighted by atomic mass is 79.9. The summed E-state index contributed by atoms with van der Waals surface area (Å²) in [6, 6.07) is 17.7. The number of benzene rings is 2. The van der Waals surface area contributed by atoms with Crippen molar-refractivity contribution in [3.05, 3.63) is 64.8 Å². The largest absolute Gasteiger partial charge is 0.353 e. The first kappa shape index (κ1) is 12.6. The molecule has 0 amide bonds. The van der Waals surface area contributed by atoms with E-state index in [1.807, 2.05) is 42.5 Å². The number of anilines is 2. The molecule has 3 rings (SSSR count). The highest BCUT2D eigenvalue weighted by Crippen LogP contribution is 2.25. The number of halogens is 1. The van der Waals surface area contributed by atoms with Gasteiger partial charge in [-0.1, -0.05) is 34.1 Å². The molecule has 0 aliphatic heterocycles. The van der Waals surface area contributed by atoms with Gasteiger partial charge in [0, 0.05) is 9.86 Å². The van der Waals surface area contributed by atoms with Gasteiger partial charge in [-0.2, -0.15) is 5.26 Å². The highest BCUT2D eigenvalue weighted by molar-refractivity contribution is 9.10. The molecule has 0 bridgehead atoms. The second-order valence-corrected chi connectivity index (χ2v) is 5.26. The van der Waals surface area contributed by atoms with Crippen molar-refractivity contribution < 1.29 is 0 Å². The third-order valence-electron chi connectivity index (χ3n) is 2.97. The maximum atomic E-state index is 9.17. The average molecular weight is 324 g/mol. The molecule has 4 heteroatoms. The lowest BCUT2D eigenvalue weighted by atomic mass is 10.1. The molecule has 1 aromatic heterocycles. The summed E-state index contributed by atoms with van der Waals surface area (Å²) in [6.45, 7) is 0. The van der Waals surface area contributed by atoms with Crippen LogP contribution in [0.15, 0.2) is 59.2 Å². The lowest BCUT2D eigenvalue weighted by Crippen LogP contribution is -1.94. The summed E-state index contributed by atoms with van der Waals surface area (Å²) in [6.07, 6.45) is 1.77. The van der Waals surface area contributed by atoms with Crippen molar-refractivity contribution in [1.82, 2.24) is 4.98 Å². The molecule has 0 saturated carbocycles. The van der Waals surface area contributed by atoms with E-state index in [2.05, 4.69) is 32.3 Å². The number of nitriles is 1. The number of nitrogens with one attached hydrogen (secondary N) is 1. The number of fused-ring (bicyclic) bond motifs is 1. The van der Waals surface area contributed by atoms with E-state index in [4.69, 9.17) is 5.26 Å². The minimum atomic E-state index is 0.590. The normalized spacial score (nSPS) is 10.2. The van der Waals surface area contributed by atoms with Crippen LogP contribution in [-0.2, 0) is 0 Å². The summed E-state index contributed by atoms with van der Waals surface area (Å²) in [7, 11) is 0. The van der Waals surface area contributed by atoms with Crippen molar-refractivity contribution in [2.75, 3.05) is 5.32 Å². The van der Waals surface area contributed by atoms with E-state index < -0.39 is 0 Å². The molecule has 3 aromatic rings. The standard InChI is InChI=1S/C16H10BrN3/c17-13-5-6-16(12(7-13)9-18)20-14-8-11-3-1-2-4-15(11)19-10-14/h1-8,10,20H. The Hall–Kier alpha value is -2.38. The van der Waals surface area contributed by atoms with Crippen molar-refractivity contribution in [3.8, 4) is 6.07 Å². The Morgan fingerprint density at radius 3 is 2.80 bits per heavy atom. The van der Waals surface area contributed by atoms with Gasteiger partial charge in [0.05, 0.1) is 28.7 Å². The van der Waals surface area contributed by atoms with Gasteiger partial charge in [0.25, 0.3) is 0 Å². The van der Waals surface area contributed by atoms with E-state index in [1.165, 1.54) is 0 Å². The zero-order valence-corrected chi connectivity index (χ0v) is 12.1. The molecule has 0 unspecified atom stereocenters. The van der Waals surface area contributed by atoms with Crippen LogP contribution in [-0.4, -0.2) is 4.98 Å². The Bertz CT molecular complexity index is 821. The van der Waals surface area contributed by atoms with Crippen LogP contribution >= 0.6 is 15.9 Å². The Kier molecular flexibility index (Phi) is 3.36. The smallest absolute Gasteiger partial charge is 0.101 e. The minimum Gasteiger partial charge on any atom is -0.353 e. The summed E-state index contributed by atoms with van der Waals surface area (Å²) >= 11 is 3.36. The molecule has 0 aliphatic rings. The summed E-state index contributed by atoms with van der Waals surface area (Å²) in [5.74, 6) is 0. The number of rotatable bonds is 2. The van der Waals surface area contributed by atoms with E-state index in [1.54, 1.807) is 12.3 Å². The van der Waals surface area contributed by atoms with Gasteiger partial charge in [0.15, 0.2) is 0 Å². The van der Waals surface area contributed by atoms with Crippen LogP contribution in [0.1, 0.15) is 5.56 Å². The maximum absolute atomic E-state index is 9.17. The Labute approximate surface area is 125 Å². The van der Waals surface area contributed by atoms with Crippen molar-refractivity contribution in [2.45, 2.75) is 0 Å². The third kappa shape index (κ3) is 2.49. The maximum Gasteiger partial charge on any atom is 0.101 e. The number of pyridine rings is 1. The van der Waals surface area contributed by atoms with E-state index >= 15 is 0 Å². The van der Waals surface area contributed by atoms with E-state index in [0.29, 0.717) is 5.56 Å². The first-order valence-electron chi connectivity index (χ1n) is 6.08. The van der Waals surface area contributed by atoms with Crippen molar-refractivity contribution >= 4 is 38.2 Å². The van der Waals surface area contributed by atoms with Gasteiger partial charge in [0.2, 0.25) is 0 Å². The molecule has 2 aromatic carbocycles. The quantitative estimate of drug-likeness (QED) is 0.749. The summed E-state index contributed by atoms with van der Waals surface area (Å²) in [5, 5.41) is 13.5. The molecule has 20 heavy (non-hydrogen) atoms. The predicted octanol–water partition coefficient (Wildman–Crippen LogP) is 4.61. The van der Waals surface area contributed by atoms with Crippen LogP contribution in [0, 0.1) is 11.3 Å². The average Bonchev–Trinajstić information content (AvgIpc) is 2.49. The number of para-hydroxylation sites is 1. The van der Waals surface area contributed by atoms with Crippen LogP contribution in [0.2, 0.25) is 0 Å². The fraction of sp³-hybridized carbons (Fsp3) is 0. The molecular formula is C16H10BrN3. The van der Waals surface area contributed by atoms with Crippen LogP contribution in [0.3, 0.4) is 0 Å². The van der Waals surface area contributed by atoms with Crippen molar-refractivity contribution in [3.63, 3.8) is 0 Å². The SMILES string of the molecule is N#Cc1cc(Br)ccc1Nc1cnc2ccccc2c1. The van der Waals surface area contributed by atoms with Gasteiger partial charge in [-0.25, -0.2) is 0 Å². The molecule has 0 fully saturated rings. The molecule has 0 saturated heterocycles. The predicted molar refractivity (Wildman–Crippen MR) is 83.9 cm³/mol.